The number of aliphatic carboxylic acids is 1. The maximum atomic E-state index is 12.8. The second kappa shape index (κ2) is 14.1. The topological polar surface area (TPSA) is 63.6 Å². The molecule has 0 unspecified atom stereocenters. The summed E-state index contributed by atoms with van der Waals surface area (Å²) in [6.07, 6.45) is 9.81. The third-order valence-corrected chi connectivity index (χ3v) is 9.04. The van der Waals surface area contributed by atoms with Gasteiger partial charge in [0.25, 0.3) is 8.32 Å². The summed E-state index contributed by atoms with van der Waals surface area (Å²) in [7, 11) is -2.16. The van der Waals surface area contributed by atoms with E-state index in [0.29, 0.717) is 12.0 Å². The zero-order valence-electron chi connectivity index (χ0n) is 16.7. The fraction of sp³-hybridized carbons (Fsp3) is 0.800. The van der Waals surface area contributed by atoms with Gasteiger partial charge in [-0.1, -0.05) is 72.6 Å². The summed E-state index contributed by atoms with van der Waals surface area (Å²) in [5.74, 6) is -1.43. The van der Waals surface area contributed by atoms with E-state index >= 15 is 0 Å². The van der Waals surface area contributed by atoms with E-state index in [4.69, 9.17) is 9.53 Å². The maximum absolute atomic E-state index is 12.8. The molecule has 4 nitrogen and oxygen atoms in total. The lowest BCUT2D eigenvalue weighted by atomic mass is 10.1. The number of rotatable bonds is 15. The molecule has 0 aromatic rings. The number of hydrogen-bond acceptors (Lipinski definition) is 3. The molecule has 0 amide bonds. The third kappa shape index (κ3) is 10.5. The highest BCUT2D eigenvalue weighted by molar-refractivity contribution is 6.75. The van der Waals surface area contributed by atoms with Crippen LogP contribution in [0.3, 0.4) is 0 Å². The smallest absolute Gasteiger partial charge is 0.328 e. The van der Waals surface area contributed by atoms with Crippen LogP contribution in [0.2, 0.25) is 18.1 Å². The zero-order valence-corrected chi connectivity index (χ0v) is 17.7. The van der Waals surface area contributed by atoms with E-state index in [1.807, 2.05) is 6.92 Å². The van der Waals surface area contributed by atoms with Crippen LogP contribution in [0.25, 0.3) is 0 Å². The van der Waals surface area contributed by atoms with Crippen molar-refractivity contribution < 1.29 is 19.1 Å². The van der Waals surface area contributed by atoms with Gasteiger partial charge in [0.1, 0.15) is 0 Å². The van der Waals surface area contributed by atoms with Crippen LogP contribution >= 0.6 is 0 Å². The van der Waals surface area contributed by atoms with Crippen LogP contribution in [-0.4, -0.2) is 25.4 Å². The monoisotopic (exact) mass is 370 g/mol. The van der Waals surface area contributed by atoms with Gasteiger partial charge in [0, 0.05) is 11.6 Å². The summed E-state index contributed by atoms with van der Waals surface area (Å²) in [5.41, 5.74) is 0.329. The van der Waals surface area contributed by atoms with Crippen molar-refractivity contribution in [3.8, 4) is 0 Å². The number of carbonyl (C=O) groups is 2. The first kappa shape index (κ1) is 23.9. The molecule has 0 radical (unpaired) electrons. The molecule has 0 bridgehead atoms. The molecule has 0 saturated heterocycles. The first-order chi connectivity index (χ1) is 11.9. The van der Waals surface area contributed by atoms with Gasteiger partial charge in [0.15, 0.2) is 0 Å². The molecule has 0 atom stereocenters. The van der Waals surface area contributed by atoms with Crippen molar-refractivity contribution in [3.05, 3.63) is 11.6 Å². The van der Waals surface area contributed by atoms with Crippen molar-refractivity contribution in [3.63, 3.8) is 0 Å². The molecule has 0 aromatic carbocycles. The summed E-state index contributed by atoms with van der Waals surface area (Å²) in [6.45, 7) is 8.53. The molecule has 0 aliphatic rings. The van der Waals surface area contributed by atoms with Gasteiger partial charge in [-0.3, -0.25) is 0 Å². The Kier molecular flexibility index (Phi) is 13.5. The highest BCUT2D eigenvalue weighted by Crippen LogP contribution is 2.31. The molecule has 0 aliphatic carbocycles. The molecular weight excluding hydrogens is 332 g/mol. The van der Waals surface area contributed by atoms with Gasteiger partial charge in [0.2, 0.25) is 0 Å². The molecular formula is C20H38O4Si. The van der Waals surface area contributed by atoms with Gasteiger partial charge in [-0.2, -0.15) is 0 Å². The Balaban J connectivity index is 5.36. The quantitative estimate of drug-likeness (QED) is 0.280. The third-order valence-electron chi connectivity index (χ3n) is 4.63. The predicted molar refractivity (Wildman–Crippen MR) is 106 cm³/mol. The molecule has 0 heterocycles. The first-order valence-corrected chi connectivity index (χ1v) is 12.6. The van der Waals surface area contributed by atoms with Gasteiger partial charge < -0.3 is 9.53 Å². The molecule has 0 aliphatic heterocycles. The largest absolute Gasteiger partial charge is 0.516 e. The average Bonchev–Trinajstić information content (AvgIpc) is 2.59. The number of carbonyl (C=O) groups excluding carboxylic acids is 1. The highest BCUT2D eigenvalue weighted by atomic mass is 28.4. The van der Waals surface area contributed by atoms with Crippen LogP contribution in [0.15, 0.2) is 11.6 Å². The summed E-state index contributed by atoms with van der Waals surface area (Å²) < 4.78 is 6.17. The Labute approximate surface area is 155 Å². The van der Waals surface area contributed by atoms with Crippen molar-refractivity contribution in [2.45, 2.75) is 104 Å². The van der Waals surface area contributed by atoms with Crippen molar-refractivity contribution in [1.29, 1.82) is 0 Å². The van der Waals surface area contributed by atoms with E-state index in [1.165, 1.54) is 0 Å². The van der Waals surface area contributed by atoms with Crippen LogP contribution in [0.4, 0.5) is 0 Å². The first-order valence-electron chi connectivity index (χ1n) is 10.1. The van der Waals surface area contributed by atoms with Crippen LogP contribution < -0.4 is 0 Å². The molecule has 0 aromatic heterocycles. The minimum Gasteiger partial charge on any atom is -0.516 e. The molecule has 5 heteroatoms. The van der Waals surface area contributed by atoms with Crippen LogP contribution in [0.1, 0.15) is 85.5 Å². The van der Waals surface area contributed by atoms with E-state index in [-0.39, 0.29) is 5.97 Å². The summed E-state index contributed by atoms with van der Waals surface area (Å²) in [5, 5.41) is 9.08. The SMILES string of the molecule is CCCC/C(=C\C(=O)O)C(=O)O[Si](CCCC)(CCCC)CCCC. The molecule has 25 heavy (non-hydrogen) atoms. The van der Waals surface area contributed by atoms with Gasteiger partial charge in [0.05, 0.1) is 0 Å². The Morgan fingerprint density at radius 2 is 1.28 bits per heavy atom. The number of hydrogen-bond donors (Lipinski definition) is 1. The van der Waals surface area contributed by atoms with Crippen molar-refractivity contribution >= 4 is 20.3 Å². The van der Waals surface area contributed by atoms with Gasteiger partial charge in [-0.15, -0.1) is 0 Å². The molecule has 0 rings (SSSR count). The Hall–Kier alpha value is -1.10. The van der Waals surface area contributed by atoms with Crippen molar-refractivity contribution in [2.75, 3.05) is 0 Å². The fourth-order valence-electron chi connectivity index (χ4n) is 3.04. The van der Waals surface area contributed by atoms with E-state index in [2.05, 4.69) is 20.8 Å². The normalized spacial score (nSPS) is 12.2. The minimum absolute atomic E-state index is 0.329. The highest BCUT2D eigenvalue weighted by Gasteiger charge is 2.37. The number of carboxylic acid groups (broad SMARTS) is 1. The minimum atomic E-state index is -2.16. The van der Waals surface area contributed by atoms with Crippen LogP contribution in [0, 0.1) is 0 Å². The lowest BCUT2D eigenvalue weighted by molar-refractivity contribution is -0.134. The van der Waals surface area contributed by atoms with Crippen molar-refractivity contribution in [2.24, 2.45) is 0 Å². The average molecular weight is 371 g/mol. The second-order valence-electron chi connectivity index (χ2n) is 6.99. The Morgan fingerprint density at radius 1 is 0.840 bits per heavy atom. The fourth-order valence-corrected chi connectivity index (χ4v) is 7.61. The van der Waals surface area contributed by atoms with Crippen LogP contribution in [-0.2, 0) is 14.0 Å². The van der Waals surface area contributed by atoms with E-state index in [9.17, 15) is 9.59 Å². The standard InChI is InChI=1S/C20H38O4Si/c1-5-9-13-18(17-19(21)22)20(23)24-25(14-10-6-2,15-11-7-3)16-12-8-4/h17H,5-16H2,1-4H3,(H,21,22)/b18-17+. The van der Waals surface area contributed by atoms with E-state index < -0.39 is 14.3 Å². The maximum Gasteiger partial charge on any atom is 0.328 e. The van der Waals surface area contributed by atoms with Gasteiger partial charge in [-0.25, -0.2) is 9.59 Å². The summed E-state index contributed by atoms with van der Waals surface area (Å²) in [4.78, 5) is 23.9. The Bertz CT molecular complexity index is 396. The second-order valence-corrected chi connectivity index (χ2v) is 11.1. The molecule has 0 spiro atoms. The predicted octanol–water partition coefficient (Wildman–Crippen LogP) is 6.08. The number of carboxylic acids is 1. The molecule has 0 fully saturated rings. The van der Waals surface area contributed by atoms with Gasteiger partial charge in [-0.05, 0) is 31.0 Å². The zero-order chi connectivity index (χ0) is 19.1. The summed E-state index contributed by atoms with van der Waals surface area (Å²) >= 11 is 0. The van der Waals surface area contributed by atoms with Gasteiger partial charge >= 0.3 is 11.9 Å². The molecule has 0 saturated carbocycles. The van der Waals surface area contributed by atoms with Crippen molar-refractivity contribution in [1.82, 2.24) is 0 Å². The number of unbranched alkanes of at least 4 members (excludes halogenated alkanes) is 4. The van der Waals surface area contributed by atoms with Crippen LogP contribution in [0.5, 0.6) is 0 Å². The summed E-state index contributed by atoms with van der Waals surface area (Å²) in [6, 6.07) is 3.01. The Morgan fingerprint density at radius 3 is 1.64 bits per heavy atom. The molecule has 1 N–H and O–H groups in total. The van der Waals surface area contributed by atoms with E-state index in [1.54, 1.807) is 0 Å². The van der Waals surface area contributed by atoms with E-state index in [0.717, 1.165) is 75.6 Å². The lowest BCUT2D eigenvalue weighted by Crippen LogP contribution is -2.41. The molecule has 146 valence electrons. The lowest BCUT2D eigenvalue weighted by Gasteiger charge is -2.32.